The molecule has 0 radical (unpaired) electrons. The summed E-state index contributed by atoms with van der Waals surface area (Å²) in [6.45, 7) is 6.57. The van der Waals surface area contributed by atoms with Gasteiger partial charge in [-0.15, -0.1) is 0 Å². The molecule has 0 rings (SSSR count). The molecule has 0 amide bonds. The van der Waals surface area contributed by atoms with Crippen molar-refractivity contribution in [1.82, 2.24) is 0 Å². The number of unbranched alkanes of at least 4 members (excludes halogenated alkanes) is 18. The Bertz CT molecular complexity index is 327. The van der Waals surface area contributed by atoms with Crippen LogP contribution < -0.4 is 0 Å². The topological polar surface area (TPSA) is 87.0 Å². The van der Waals surface area contributed by atoms with E-state index in [1.165, 1.54) is 128 Å². The maximum atomic E-state index is 8.88. The Morgan fingerprint density at radius 2 is 0.656 bits per heavy atom. The average Bonchev–Trinajstić information content (AvgIpc) is 2.68. The molecule has 5 nitrogen and oxygen atoms in total. The molecular weight excluding hydrogens is 445 g/mol. The number of hydrogen-bond donors (Lipinski definition) is 3. The van der Waals surface area contributed by atoms with Crippen LogP contribution in [0.15, 0.2) is 0 Å². The van der Waals surface area contributed by atoms with E-state index in [9.17, 15) is 0 Å². The van der Waals surface area contributed by atoms with E-state index in [1.807, 2.05) is 0 Å². The summed E-state index contributed by atoms with van der Waals surface area (Å²) >= 11 is 0. The Morgan fingerprint density at radius 1 is 0.469 bits per heavy atom. The van der Waals surface area contributed by atoms with Gasteiger partial charge in [-0.1, -0.05) is 129 Å². The van der Waals surface area contributed by atoms with Gasteiger partial charge in [-0.3, -0.25) is 0 Å². The second kappa shape index (κ2) is 35.2. The molecule has 32 heavy (non-hydrogen) atoms. The quantitative estimate of drug-likeness (QED) is 0.0883. The average molecular weight is 501 g/mol. The molecule has 0 aromatic rings. The summed E-state index contributed by atoms with van der Waals surface area (Å²) in [6.07, 6.45) is 28.2. The van der Waals surface area contributed by atoms with Crippen LogP contribution in [0.1, 0.15) is 142 Å². The van der Waals surface area contributed by atoms with Gasteiger partial charge in [-0.25, -0.2) is 4.57 Å². The molecule has 0 spiro atoms. The van der Waals surface area contributed by atoms with Crippen LogP contribution in [0.5, 0.6) is 0 Å². The van der Waals surface area contributed by atoms with Crippen LogP contribution in [0.2, 0.25) is 0 Å². The van der Waals surface area contributed by atoms with Gasteiger partial charge in [0.25, 0.3) is 0 Å². The molecular formula is C24H55Na2O5P. The first kappa shape index (κ1) is 41.2. The van der Waals surface area contributed by atoms with E-state index in [1.54, 1.807) is 0 Å². The van der Waals surface area contributed by atoms with Gasteiger partial charge in [0.15, 0.2) is 0 Å². The Kier molecular flexibility index (Phi) is 45.4. The molecule has 0 saturated heterocycles. The number of ether oxygens (including phenoxy) is 1. The molecule has 0 unspecified atom stereocenters. The number of phosphoric acid groups is 1. The maximum absolute atomic E-state index is 8.88. The zero-order chi connectivity index (χ0) is 22.8. The van der Waals surface area contributed by atoms with Gasteiger partial charge in [0.05, 0.1) is 0 Å². The number of rotatable bonds is 22. The Hall–Kier alpha value is 2.07. The van der Waals surface area contributed by atoms with E-state index in [0.717, 1.165) is 13.2 Å². The fraction of sp³-hybridized carbons (Fsp3) is 1.00. The van der Waals surface area contributed by atoms with Gasteiger partial charge in [0.2, 0.25) is 0 Å². The van der Waals surface area contributed by atoms with Gasteiger partial charge >= 0.3 is 66.9 Å². The minimum atomic E-state index is -4.64. The fourth-order valence-electron chi connectivity index (χ4n) is 3.49. The second-order valence-electron chi connectivity index (χ2n) is 8.49. The van der Waals surface area contributed by atoms with Gasteiger partial charge < -0.3 is 19.4 Å². The van der Waals surface area contributed by atoms with E-state index in [-0.39, 0.29) is 59.1 Å². The first-order valence-electron chi connectivity index (χ1n) is 12.8. The van der Waals surface area contributed by atoms with Crippen LogP contribution in [-0.4, -0.2) is 87.0 Å². The summed E-state index contributed by atoms with van der Waals surface area (Å²) in [6, 6.07) is 0. The molecule has 0 aliphatic rings. The molecule has 0 fully saturated rings. The van der Waals surface area contributed by atoms with Crippen LogP contribution in [0.25, 0.3) is 0 Å². The summed E-state index contributed by atoms with van der Waals surface area (Å²) in [5.41, 5.74) is 0. The van der Waals surface area contributed by atoms with Crippen molar-refractivity contribution in [1.29, 1.82) is 0 Å². The van der Waals surface area contributed by atoms with E-state index >= 15 is 0 Å². The second-order valence-corrected chi connectivity index (χ2v) is 9.52. The Balaban J connectivity index is -0.000000501. The van der Waals surface area contributed by atoms with Crippen molar-refractivity contribution in [2.24, 2.45) is 0 Å². The van der Waals surface area contributed by atoms with Crippen molar-refractivity contribution in [2.75, 3.05) is 13.2 Å². The van der Waals surface area contributed by atoms with Crippen LogP contribution in [0, 0.1) is 0 Å². The van der Waals surface area contributed by atoms with Crippen LogP contribution in [-0.2, 0) is 9.30 Å². The molecule has 0 heterocycles. The van der Waals surface area contributed by atoms with Crippen LogP contribution >= 0.6 is 7.82 Å². The van der Waals surface area contributed by atoms with Crippen molar-refractivity contribution < 1.29 is 24.0 Å². The van der Waals surface area contributed by atoms with Crippen molar-refractivity contribution in [3.63, 3.8) is 0 Å². The molecule has 8 heteroatoms. The summed E-state index contributed by atoms with van der Waals surface area (Å²) in [7, 11) is -4.64. The molecule has 0 atom stereocenters. The SMILES string of the molecule is CCCCCCCCCCCCOCCCCCCCCCCCC.O=P(O)(O)O.[NaH].[NaH]. The minimum absolute atomic E-state index is 0. The molecule has 0 aromatic carbocycles. The molecule has 0 bridgehead atoms. The monoisotopic (exact) mass is 500 g/mol. The van der Waals surface area contributed by atoms with Crippen molar-refractivity contribution >= 4 is 66.9 Å². The standard InChI is InChI=1S/C24H50O.2Na.H3O4P.2H/c1-3-5-7-9-11-13-15-17-19-21-23-25-24-22-20-18-16-14-12-10-8-6-4-2;;;1-5(2,3)4;;/h3-24H2,1-2H3;;;(H3,1,2,3,4);;. The Morgan fingerprint density at radius 3 is 0.875 bits per heavy atom. The first-order chi connectivity index (χ1) is 14.4. The Labute approximate surface area is 244 Å². The molecule has 3 N–H and O–H groups in total. The zero-order valence-electron chi connectivity index (χ0n) is 20.2. The normalized spacial score (nSPS) is 10.7. The van der Waals surface area contributed by atoms with Crippen molar-refractivity contribution in [3.05, 3.63) is 0 Å². The summed E-state index contributed by atoms with van der Waals surface area (Å²) < 4.78 is 14.7. The predicted molar refractivity (Wildman–Crippen MR) is 143 cm³/mol. The van der Waals surface area contributed by atoms with Crippen LogP contribution in [0.4, 0.5) is 0 Å². The van der Waals surface area contributed by atoms with Crippen molar-refractivity contribution in [3.8, 4) is 0 Å². The van der Waals surface area contributed by atoms with Crippen LogP contribution in [0.3, 0.4) is 0 Å². The summed E-state index contributed by atoms with van der Waals surface area (Å²) in [4.78, 5) is 21.6. The van der Waals surface area contributed by atoms with E-state index < -0.39 is 7.82 Å². The molecule has 0 aromatic heterocycles. The van der Waals surface area contributed by atoms with Crippen molar-refractivity contribution in [2.45, 2.75) is 142 Å². The fourth-order valence-corrected chi connectivity index (χ4v) is 3.49. The van der Waals surface area contributed by atoms with Gasteiger partial charge in [-0.05, 0) is 12.8 Å². The number of hydrogen-bond acceptors (Lipinski definition) is 2. The van der Waals surface area contributed by atoms with Gasteiger partial charge in [0, 0.05) is 13.2 Å². The molecule has 0 aliphatic heterocycles. The van der Waals surface area contributed by atoms with Gasteiger partial charge in [0.1, 0.15) is 0 Å². The van der Waals surface area contributed by atoms with E-state index in [0.29, 0.717) is 0 Å². The third kappa shape index (κ3) is 53.4. The van der Waals surface area contributed by atoms with Gasteiger partial charge in [-0.2, -0.15) is 0 Å². The van der Waals surface area contributed by atoms with E-state index in [2.05, 4.69) is 13.8 Å². The summed E-state index contributed by atoms with van der Waals surface area (Å²) in [5.74, 6) is 0. The van der Waals surface area contributed by atoms with E-state index in [4.69, 9.17) is 24.0 Å². The zero-order valence-corrected chi connectivity index (χ0v) is 21.1. The molecule has 0 saturated carbocycles. The summed E-state index contributed by atoms with van der Waals surface area (Å²) in [5, 5.41) is 0. The predicted octanol–water partition coefficient (Wildman–Crippen LogP) is 6.62. The first-order valence-corrected chi connectivity index (χ1v) is 14.3. The molecule has 0 aliphatic carbocycles. The third-order valence-electron chi connectivity index (χ3n) is 5.28. The molecule has 188 valence electrons. The third-order valence-corrected chi connectivity index (χ3v) is 5.28.